The maximum absolute atomic E-state index is 3.40. The Hall–Kier alpha value is -0.840. The number of aromatic amines is 1. The van der Waals surface area contributed by atoms with Gasteiger partial charge in [-0.2, -0.15) is 0 Å². The van der Waals surface area contributed by atoms with Gasteiger partial charge in [0.15, 0.2) is 0 Å². The average molecular weight is 250 g/mol. The molecule has 1 saturated heterocycles. The SMILES string of the molecule is CC(CN(C)Cc1cc[nH]c1)CN1CCNCC1. The third-order valence-electron chi connectivity index (χ3n) is 3.52. The van der Waals surface area contributed by atoms with Crippen molar-refractivity contribution in [1.29, 1.82) is 0 Å². The molecular formula is C14H26N4. The van der Waals surface area contributed by atoms with Crippen LogP contribution >= 0.6 is 0 Å². The first-order valence-electron chi connectivity index (χ1n) is 6.97. The van der Waals surface area contributed by atoms with E-state index >= 15 is 0 Å². The quantitative estimate of drug-likeness (QED) is 0.790. The van der Waals surface area contributed by atoms with Gasteiger partial charge in [0.2, 0.25) is 0 Å². The summed E-state index contributed by atoms with van der Waals surface area (Å²) < 4.78 is 0. The molecule has 0 saturated carbocycles. The van der Waals surface area contributed by atoms with E-state index in [4.69, 9.17) is 0 Å². The normalized spacial score (nSPS) is 19.3. The van der Waals surface area contributed by atoms with Crippen LogP contribution < -0.4 is 5.32 Å². The van der Waals surface area contributed by atoms with Gasteiger partial charge in [-0.15, -0.1) is 0 Å². The molecule has 0 radical (unpaired) electrons. The standard InChI is InChI=1S/C14H26N4/c1-13(11-18-7-5-15-6-8-18)10-17(2)12-14-3-4-16-9-14/h3-4,9,13,15-16H,5-8,10-12H2,1-2H3. The van der Waals surface area contributed by atoms with Crippen LogP contribution in [-0.4, -0.2) is 61.1 Å². The molecule has 1 unspecified atom stereocenters. The Bertz CT molecular complexity index is 317. The highest BCUT2D eigenvalue weighted by molar-refractivity contribution is 5.07. The molecular weight excluding hydrogens is 224 g/mol. The minimum atomic E-state index is 0.729. The zero-order valence-corrected chi connectivity index (χ0v) is 11.7. The molecule has 2 rings (SSSR count). The van der Waals surface area contributed by atoms with Gasteiger partial charge in [0.1, 0.15) is 0 Å². The van der Waals surface area contributed by atoms with Gasteiger partial charge in [0.05, 0.1) is 0 Å². The predicted octanol–water partition coefficient (Wildman–Crippen LogP) is 0.988. The molecule has 0 aliphatic carbocycles. The lowest BCUT2D eigenvalue weighted by Gasteiger charge is -2.31. The van der Waals surface area contributed by atoms with E-state index in [1.807, 2.05) is 6.20 Å². The smallest absolute Gasteiger partial charge is 0.0245 e. The van der Waals surface area contributed by atoms with Crippen molar-refractivity contribution in [2.45, 2.75) is 13.5 Å². The molecule has 0 amide bonds. The van der Waals surface area contributed by atoms with E-state index in [9.17, 15) is 0 Å². The maximum atomic E-state index is 3.40. The van der Waals surface area contributed by atoms with E-state index in [-0.39, 0.29) is 0 Å². The van der Waals surface area contributed by atoms with Gasteiger partial charge in [-0.05, 0) is 24.6 Å². The summed E-state index contributed by atoms with van der Waals surface area (Å²) in [6, 6.07) is 2.15. The first kappa shape index (κ1) is 13.6. The van der Waals surface area contributed by atoms with Gasteiger partial charge < -0.3 is 20.1 Å². The molecule has 102 valence electrons. The van der Waals surface area contributed by atoms with E-state index in [1.54, 1.807) is 0 Å². The lowest BCUT2D eigenvalue weighted by molar-refractivity contribution is 0.181. The highest BCUT2D eigenvalue weighted by atomic mass is 15.2. The molecule has 0 spiro atoms. The lowest BCUT2D eigenvalue weighted by atomic mass is 10.1. The Morgan fingerprint density at radius 3 is 2.83 bits per heavy atom. The summed E-state index contributed by atoms with van der Waals surface area (Å²) in [5.41, 5.74) is 1.37. The van der Waals surface area contributed by atoms with Gasteiger partial charge >= 0.3 is 0 Å². The second kappa shape index (κ2) is 6.92. The van der Waals surface area contributed by atoms with Crippen molar-refractivity contribution >= 4 is 0 Å². The fraction of sp³-hybridized carbons (Fsp3) is 0.714. The number of rotatable bonds is 6. The zero-order valence-electron chi connectivity index (χ0n) is 11.7. The number of nitrogens with zero attached hydrogens (tertiary/aromatic N) is 2. The van der Waals surface area contributed by atoms with Crippen LogP contribution in [-0.2, 0) is 6.54 Å². The van der Waals surface area contributed by atoms with Crippen LogP contribution in [0.25, 0.3) is 0 Å². The van der Waals surface area contributed by atoms with Gasteiger partial charge in [0.25, 0.3) is 0 Å². The third kappa shape index (κ3) is 4.44. The van der Waals surface area contributed by atoms with Gasteiger partial charge in [-0.25, -0.2) is 0 Å². The summed E-state index contributed by atoms with van der Waals surface area (Å²) in [5.74, 6) is 0.729. The first-order chi connectivity index (χ1) is 8.74. The minimum absolute atomic E-state index is 0.729. The van der Waals surface area contributed by atoms with Gasteiger partial charge in [-0.3, -0.25) is 0 Å². The van der Waals surface area contributed by atoms with Crippen molar-refractivity contribution in [3.05, 3.63) is 24.0 Å². The monoisotopic (exact) mass is 250 g/mol. The summed E-state index contributed by atoms with van der Waals surface area (Å²) in [5, 5.41) is 3.40. The van der Waals surface area contributed by atoms with E-state index in [1.165, 1.54) is 25.2 Å². The van der Waals surface area contributed by atoms with Crippen LogP contribution in [0.15, 0.2) is 18.5 Å². The molecule has 4 nitrogen and oxygen atoms in total. The van der Waals surface area contributed by atoms with Crippen LogP contribution in [0, 0.1) is 5.92 Å². The highest BCUT2D eigenvalue weighted by Crippen LogP contribution is 2.07. The van der Waals surface area contributed by atoms with Crippen molar-refractivity contribution in [2.75, 3.05) is 46.3 Å². The van der Waals surface area contributed by atoms with Crippen molar-refractivity contribution in [2.24, 2.45) is 5.92 Å². The van der Waals surface area contributed by atoms with E-state index in [2.05, 4.69) is 46.3 Å². The summed E-state index contributed by atoms with van der Waals surface area (Å²) in [6.07, 6.45) is 4.07. The van der Waals surface area contributed by atoms with Crippen LogP contribution in [0.2, 0.25) is 0 Å². The summed E-state index contributed by atoms with van der Waals surface area (Å²) in [4.78, 5) is 8.10. The van der Waals surface area contributed by atoms with E-state index < -0.39 is 0 Å². The van der Waals surface area contributed by atoms with Crippen LogP contribution in [0.5, 0.6) is 0 Å². The van der Waals surface area contributed by atoms with Crippen LogP contribution in [0.4, 0.5) is 0 Å². The number of hydrogen-bond donors (Lipinski definition) is 2. The molecule has 1 aliphatic rings. The van der Waals surface area contributed by atoms with Crippen molar-refractivity contribution in [3.63, 3.8) is 0 Å². The largest absolute Gasteiger partial charge is 0.367 e. The van der Waals surface area contributed by atoms with Crippen LogP contribution in [0.3, 0.4) is 0 Å². The molecule has 1 aromatic rings. The topological polar surface area (TPSA) is 34.3 Å². The van der Waals surface area contributed by atoms with Gasteiger partial charge in [-0.1, -0.05) is 6.92 Å². The number of nitrogens with one attached hydrogen (secondary N) is 2. The Morgan fingerprint density at radius 2 is 2.17 bits per heavy atom. The Morgan fingerprint density at radius 1 is 1.39 bits per heavy atom. The van der Waals surface area contributed by atoms with Gasteiger partial charge in [0, 0.05) is 58.2 Å². The summed E-state index contributed by atoms with van der Waals surface area (Å²) >= 11 is 0. The fourth-order valence-corrected chi connectivity index (χ4v) is 2.76. The fourth-order valence-electron chi connectivity index (χ4n) is 2.76. The second-order valence-electron chi connectivity index (χ2n) is 5.57. The second-order valence-corrected chi connectivity index (χ2v) is 5.57. The van der Waals surface area contributed by atoms with E-state index in [0.717, 1.165) is 32.1 Å². The Balaban J connectivity index is 1.67. The molecule has 2 heterocycles. The average Bonchev–Trinajstić information content (AvgIpc) is 2.82. The maximum Gasteiger partial charge on any atom is 0.0245 e. The van der Waals surface area contributed by atoms with Crippen molar-refractivity contribution in [1.82, 2.24) is 20.1 Å². The number of piperazine rings is 1. The summed E-state index contributed by atoms with van der Waals surface area (Å²) in [6.45, 7) is 10.5. The third-order valence-corrected chi connectivity index (χ3v) is 3.52. The molecule has 4 heteroatoms. The van der Waals surface area contributed by atoms with Crippen molar-refractivity contribution < 1.29 is 0 Å². The Kier molecular flexibility index (Phi) is 5.23. The first-order valence-corrected chi connectivity index (χ1v) is 6.97. The minimum Gasteiger partial charge on any atom is -0.367 e. The molecule has 1 aromatic heterocycles. The lowest BCUT2D eigenvalue weighted by Crippen LogP contribution is -2.46. The molecule has 1 atom stereocenters. The zero-order chi connectivity index (χ0) is 12.8. The molecule has 1 aliphatic heterocycles. The molecule has 0 bridgehead atoms. The predicted molar refractivity (Wildman–Crippen MR) is 75.6 cm³/mol. The molecule has 18 heavy (non-hydrogen) atoms. The summed E-state index contributed by atoms with van der Waals surface area (Å²) in [7, 11) is 2.21. The van der Waals surface area contributed by atoms with E-state index in [0.29, 0.717) is 0 Å². The molecule has 1 fully saturated rings. The number of aromatic nitrogens is 1. The highest BCUT2D eigenvalue weighted by Gasteiger charge is 2.14. The molecule has 0 aromatic carbocycles. The number of hydrogen-bond acceptors (Lipinski definition) is 3. The van der Waals surface area contributed by atoms with Crippen molar-refractivity contribution in [3.8, 4) is 0 Å². The molecule has 2 N–H and O–H groups in total. The Labute approximate surface area is 110 Å². The van der Waals surface area contributed by atoms with Crippen LogP contribution in [0.1, 0.15) is 12.5 Å². The number of H-pyrrole nitrogens is 1.